The van der Waals surface area contributed by atoms with E-state index in [1.807, 2.05) is 18.2 Å². The van der Waals surface area contributed by atoms with Crippen LogP contribution in [-0.2, 0) is 9.59 Å². The molecule has 6 nitrogen and oxygen atoms in total. The first-order chi connectivity index (χ1) is 10.6. The molecule has 1 aliphatic heterocycles. The van der Waals surface area contributed by atoms with Crippen molar-refractivity contribution in [1.82, 2.24) is 0 Å². The number of benzene rings is 2. The molecule has 0 aliphatic carbocycles. The van der Waals surface area contributed by atoms with Gasteiger partial charge in [-0.15, -0.1) is 0 Å². The smallest absolute Gasteiger partial charge is 1.00 e. The SMILES string of the molecule is O=C(O)C1N=C(c2ccccc2)c2cc(Cl)ccc2NC1=O.[H-].[K+].[K+].[OH-].[Si]. The second-order valence-electron chi connectivity index (χ2n) is 4.76. The van der Waals surface area contributed by atoms with Crippen LogP contribution in [0.15, 0.2) is 53.5 Å². The van der Waals surface area contributed by atoms with Gasteiger partial charge in [-0.3, -0.25) is 9.79 Å². The van der Waals surface area contributed by atoms with Crippen molar-refractivity contribution in [2.24, 2.45) is 4.99 Å². The Kier molecular flexibility index (Phi) is 14.6. The number of anilines is 1. The fourth-order valence-electron chi connectivity index (χ4n) is 2.27. The van der Waals surface area contributed by atoms with Crippen molar-refractivity contribution in [2.45, 2.75) is 6.04 Å². The zero-order chi connectivity index (χ0) is 15.7. The largest absolute Gasteiger partial charge is 1.00 e. The van der Waals surface area contributed by atoms with Crippen LogP contribution in [0.1, 0.15) is 12.6 Å². The molecule has 2 aromatic rings. The van der Waals surface area contributed by atoms with Crippen molar-refractivity contribution in [3.8, 4) is 0 Å². The van der Waals surface area contributed by atoms with E-state index in [2.05, 4.69) is 10.3 Å². The van der Waals surface area contributed by atoms with E-state index < -0.39 is 17.9 Å². The minimum Gasteiger partial charge on any atom is -1.00 e. The topological polar surface area (TPSA) is 109 Å². The summed E-state index contributed by atoms with van der Waals surface area (Å²) in [6.07, 6.45) is 0. The summed E-state index contributed by atoms with van der Waals surface area (Å²) in [5.41, 5.74) is 2.22. The van der Waals surface area contributed by atoms with E-state index in [-0.39, 0.29) is 121 Å². The molecule has 3 N–H and O–H groups in total. The number of benzodiazepines with no additional fused rings is 1. The molecule has 10 heteroatoms. The Morgan fingerprint density at radius 1 is 1.15 bits per heavy atom. The number of carbonyl (C=O) groups is 2. The number of carboxylic acids is 1. The Bertz CT molecular complexity index is 812. The van der Waals surface area contributed by atoms with Crippen molar-refractivity contribution >= 4 is 45.8 Å². The quantitative estimate of drug-likeness (QED) is 0.369. The number of hydrogen-bond donors (Lipinski definition) is 2. The van der Waals surface area contributed by atoms with Crippen molar-refractivity contribution in [3.05, 3.63) is 64.7 Å². The summed E-state index contributed by atoms with van der Waals surface area (Å²) in [4.78, 5) is 27.5. The molecule has 1 amide bonds. The molecule has 3 rings (SSSR count). The van der Waals surface area contributed by atoms with Crippen molar-refractivity contribution in [1.29, 1.82) is 0 Å². The molecule has 1 atom stereocenters. The van der Waals surface area contributed by atoms with Gasteiger partial charge in [-0.25, -0.2) is 4.79 Å². The number of amides is 1. The fraction of sp³-hybridized carbons (Fsp3) is 0.0625. The predicted octanol–water partition coefficient (Wildman–Crippen LogP) is -3.85. The van der Waals surface area contributed by atoms with Gasteiger partial charge in [0.25, 0.3) is 5.91 Å². The van der Waals surface area contributed by atoms with Crippen molar-refractivity contribution in [3.63, 3.8) is 0 Å². The van der Waals surface area contributed by atoms with Gasteiger partial charge >= 0.3 is 109 Å². The zero-order valence-electron chi connectivity index (χ0n) is 15.2. The van der Waals surface area contributed by atoms with Crippen molar-refractivity contribution in [2.75, 3.05) is 5.32 Å². The number of carbonyl (C=O) groups excluding carboxylic acids is 1. The third kappa shape index (κ3) is 6.69. The maximum absolute atomic E-state index is 12.0. The van der Waals surface area contributed by atoms with Gasteiger partial charge in [-0.1, -0.05) is 41.9 Å². The molecule has 124 valence electrons. The summed E-state index contributed by atoms with van der Waals surface area (Å²) in [5, 5.41) is 12.3. The summed E-state index contributed by atoms with van der Waals surface area (Å²) < 4.78 is 0. The summed E-state index contributed by atoms with van der Waals surface area (Å²) in [5.74, 6) is -1.98. The molecule has 0 bridgehead atoms. The van der Waals surface area contributed by atoms with E-state index >= 15 is 0 Å². The van der Waals surface area contributed by atoms with Crippen LogP contribution in [0.5, 0.6) is 0 Å². The van der Waals surface area contributed by atoms with E-state index in [4.69, 9.17) is 11.6 Å². The predicted molar refractivity (Wildman–Crippen MR) is 92.4 cm³/mol. The number of fused-ring (bicyclic) bond motifs is 1. The van der Waals surface area contributed by atoms with Crippen LogP contribution in [0.3, 0.4) is 0 Å². The maximum Gasteiger partial charge on any atom is 1.00 e. The molecule has 0 fully saturated rings. The summed E-state index contributed by atoms with van der Waals surface area (Å²) in [6, 6.07) is 12.5. The van der Waals surface area contributed by atoms with E-state index in [9.17, 15) is 14.7 Å². The van der Waals surface area contributed by atoms with E-state index in [1.165, 1.54) is 0 Å². The van der Waals surface area contributed by atoms with E-state index in [0.29, 0.717) is 27.5 Å². The Morgan fingerprint density at radius 3 is 2.35 bits per heavy atom. The van der Waals surface area contributed by atoms with Crippen LogP contribution in [0.25, 0.3) is 0 Å². The monoisotopic (exact) mass is 438 g/mol. The number of aliphatic carboxylic acids is 1. The van der Waals surface area contributed by atoms with Crippen LogP contribution in [0.4, 0.5) is 5.69 Å². The molecule has 1 heterocycles. The molecular formula is C16H13ClK2N2O4Si. The third-order valence-electron chi connectivity index (χ3n) is 3.28. The molecule has 0 saturated carbocycles. The standard InChI is InChI=1S/C16H11ClN2O3.2K.H2O.Si.H/c17-10-6-7-12-11(8-10)13(9-4-2-1-3-5-9)19-14(16(21)22)15(20)18-12;;;;;/h1-8,14H,(H,18,20)(H,21,22);;;1H2;;/q;2*+1;;;-1/p-1. The zero-order valence-corrected chi connectivity index (χ0v) is 22.2. The van der Waals surface area contributed by atoms with Crippen LogP contribution in [0, 0.1) is 0 Å². The van der Waals surface area contributed by atoms with Gasteiger partial charge in [-0.2, -0.15) is 0 Å². The van der Waals surface area contributed by atoms with Crippen LogP contribution in [0.2, 0.25) is 5.02 Å². The van der Waals surface area contributed by atoms with Gasteiger partial charge in [0.05, 0.1) is 11.4 Å². The molecule has 1 aliphatic rings. The first-order valence-electron chi connectivity index (χ1n) is 6.53. The van der Waals surface area contributed by atoms with E-state index in [0.717, 1.165) is 0 Å². The Hall–Kier alpha value is 0.790. The second-order valence-corrected chi connectivity index (χ2v) is 5.20. The van der Waals surface area contributed by atoms with Crippen LogP contribution >= 0.6 is 11.6 Å². The number of rotatable bonds is 2. The first-order valence-corrected chi connectivity index (χ1v) is 6.91. The van der Waals surface area contributed by atoms with Gasteiger partial charge in [0, 0.05) is 27.1 Å². The second kappa shape index (κ2) is 13.1. The van der Waals surface area contributed by atoms with Gasteiger partial charge in [0.15, 0.2) is 0 Å². The number of carboxylic acid groups (broad SMARTS) is 1. The third-order valence-corrected chi connectivity index (χ3v) is 3.52. The number of hydrogen-bond acceptors (Lipinski definition) is 4. The molecule has 0 aromatic heterocycles. The average molecular weight is 439 g/mol. The fourth-order valence-corrected chi connectivity index (χ4v) is 2.45. The van der Waals surface area contributed by atoms with Gasteiger partial charge in [-0.05, 0) is 18.2 Å². The minimum atomic E-state index is -1.50. The summed E-state index contributed by atoms with van der Waals surface area (Å²) in [7, 11) is 0. The van der Waals surface area contributed by atoms with Gasteiger partial charge < -0.3 is 17.3 Å². The van der Waals surface area contributed by atoms with E-state index in [1.54, 1.807) is 30.3 Å². The van der Waals surface area contributed by atoms with Gasteiger partial charge in [0.1, 0.15) is 0 Å². The first kappa shape index (κ1) is 29.0. The Labute approximate surface area is 246 Å². The van der Waals surface area contributed by atoms with Crippen LogP contribution < -0.4 is 108 Å². The van der Waals surface area contributed by atoms with Crippen LogP contribution in [-0.4, -0.2) is 45.2 Å². The Balaban J connectivity index is -0.00000115. The minimum absolute atomic E-state index is 0. The maximum atomic E-state index is 12.0. The summed E-state index contributed by atoms with van der Waals surface area (Å²) >= 11 is 6.03. The molecule has 26 heavy (non-hydrogen) atoms. The molecule has 0 saturated heterocycles. The Morgan fingerprint density at radius 2 is 1.77 bits per heavy atom. The number of nitrogens with zero attached hydrogens (tertiary/aromatic N) is 1. The number of halogens is 1. The molecule has 4 radical (unpaired) electrons. The molecule has 2 aromatic carbocycles. The summed E-state index contributed by atoms with van der Waals surface area (Å²) in [6.45, 7) is 0. The van der Waals surface area contributed by atoms with Crippen molar-refractivity contribution < 1.29 is 124 Å². The molecule has 1 unspecified atom stereocenters. The normalized spacial score (nSPS) is 14.4. The average Bonchev–Trinajstić information content (AvgIpc) is 2.64. The number of aliphatic imine (C=N–C) groups is 1. The molecule has 0 spiro atoms. The molecular weight excluding hydrogens is 426 g/mol. The number of nitrogens with one attached hydrogen (secondary N) is 1. The van der Waals surface area contributed by atoms with Gasteiger partial charge in [0.2, 0.25) is 6.04 Å².